The molecule has 162 valence electrons. The molecule has 0 bridgehead atoms. The fourth-order valence-electron chi connectivity index (χ4n) is 2.65. The summed E-state index contributed by atoms with van der Waals surface area (Å²) in [6.45, 7) is 1.74. The molecule has 1 saturated heterocycles. The molecule has 0 aliphatic carbocycles. The molecule has 1 aromatic carbocycles. The molecule has 8 nitrogen and oxygen atoms in total. The molecule has 10 heteroatoms. The standard InChI is InChI=1S/C21H21N3O5S2/c1-14(23-20(27)29-13-15-6-3-2-4-7-15)18(25)22-9-10-24-19(26)17(31-21(24)28)12-16-8-5-11-30-16/h2-8,11-12,14H,9-10,13H2,1H3,(H,22,25)(H,23,27)/b17-12+. The van der Waals surface area contributed by atoms with E-state index < -0.39 is 18.0 Å². The van der Waals surface area contributed by atoms with Crippen LogP contribution in [0.3, 0.4) is 0 Å². The van der Waals surface area contributed by atoms with Gasteiger partial charge in [0.05, 0.1) is 4.91 Å². The predicted molar refractivity (Wildman–Crippen MR) is 119 cm³/mol. The second kappa shape index (κ2) is 10.8. The lowest BCUT2D eigenvalue weighted by molar-refractivity contribution is -0.125. The van der Waals surface area contributed by atoms with Crippen LogP contribution in [0.2, 0.25) is 0 Å². The Morgan fingerprint density at radius 3 is 2.65 bits per heavy atom. The summed E-state index contributed by atoms with van der Waals surface area (Å²) >= 11 is 2.35. The van der Waals surface area contributed by atoms with E-state index in [2.05, 4.69) is 10.6 Å². The summed E-state index contributed by atoms with van der Waals surface area (Å²) in [5, 5.41) is 6.56. The second-order valence-corrected chi connectivity index (χ2v) is 8.54. The maximum atomic E-state index is 12.4. The molecule has 1 atom stereocenters. The molecule has 1 unspecified atom stereocenters. The third kappa shape index (κ3) is 6.43. The highest BCUT2D eigenvalue weighted by Gasteiger charge is 2.34. The van der Waals surface area contributed by atoms with Crippen LogP contribution < -0.4 is 10.6 Å². The monoisotopic (exact) mass is 459 g/mol. The number of thiophene rings is 1. The first kappa shape index (κ1) is 22.6. The van der Waals surface area contributed by atoms with E-state index in [1.807, 2.05) is 47.8 Å². The van der Waals surface area contributed by atoms with E-state index in [1.165, 1.54) is 18.3 Å². The number of thioether (sulfide) groups is 1. The van der Waals surface area contributed by atoms with Gasteiger partial charge in [0.25, 0.3) is 11.1 Å². The third-order valence-corrected chi connectivity index (χ3v) is 5.99. The molecule has 1 aliphatic rings. The van der Waals surface area contributed by atoms with Gasteiger partial charge in [-0.3, -0.25) is 19.3 Å². The molecule has 1 aromatic heterocycles. The van der Waals surface area contributed by atoms with E-state index in [1.54, 1.807) is 6.08 Å². The van der Waals surface area contributed by atoms with Crippen LogP contribution in [0.15, 0.2) is 52.7 Å². The lowest BCUT2D eigenvalue weighted by Crippen LogP contribution is -2.47. The Labute approximate surface area is 187 Å². The quantitative estimate of drug-likeness (QED) is 0.588. The summed E-state index contributed by atoms with van der Waals surface area (Å²) in [5.41, 5.74) is 0.833. The van der Waals surface area contributed by atoms with Crippen molar-refractivity contribution in [3.05, 3.63) is 63.2 Å². The first-order valence-corrected chi connectivity index (χ1v) is 11.2. The highest BCUT2D eigenvalue weighted by Crippen LogP contribution is 2.32. The van der Waals surface area contributed by atoms with Gasteiger partial charge in [-0.1, -0.05) is 36.4 Å². The zero-order valence-corrected chi connectivity index (χ0v) is 18.3. The molecule has 2 heterocycles. The lowest BCUT2D eigenvalue weighted by atomic mass is 10.2. The van der Waals surface area contributed by atoms with Crippen molar-refractivity contribution in [1.82, 2.24) is 15.5 Å². The average molecular weight is 460 g/mol. The summed E-state index contributed by atoms with van der Waals surface area (Å²) in [4.78, 5) is 50.9. The van der Waals surface area contributed by atoms with Crippen LogP contribution in [0, 0.1) is 0 Å². The van der Waals surface area contributed by atoms with Crippen LogP contribution in [0.1, 0.15) is 17.4 Å². The van der Waals surface area contributed by atoms with Gasteiger partial charge in [-0.05, 0) is 41.8 Å². The number of carbonyl (C=O) groups excluding carboxylic acids is 4. The Bertz CT molecular complexity index is 976. The van der Waals surface area contributed by atoms with Gasteiger partial charge in [0, 0.05) is 18.0 Å². The Morgan fingerprint density at radius 2 is 1.94 bits per heavy atom. The SMILES string of the molecule is CC(NC(=O)OCc1ccccc1)C(=O)NCCN1C(=O)S/C(=C/c2cccs2)C1=O. The molecule has 1 aliphatic heterocycles. The van der Waals surface area contributed by atoms with Crippen molar-refractivity contribution in [2.24, 2.45) is 0 Å². The Morgan fingerprint density at radius 1 is 1.16 bits per heavy atom. The first-order valence-electron chi connectivity index (χ1n) is 9.48. The van der Waals surface area contributed by atoms with E-state index >= 15 is 0 Å². The maximum Gasteiger partial charge on any atom is 0.408 e. The molecule has 4 amide bonds. The average Bonchev–Trinajstić information content (AvgIpc) is 3.36. The van der Waals surface area contributed by atoms with E-state index in [-0.39, 0.29) is 30.8 Å². The third-order valence-electron chi connectivity index (χ3n) is 4.27. The minimum Gasteiger partial charge on any atom is -0.445 e. The Balaban J connectivity index is 1.40. The van der Waals surface area contributed by atoms with E-state index in [9.17, 15) is 19.2 Å². The number of benzene rings is 1. The highest BCUT2D eigenvalue weighted by atomic mass is 32.2. The van der Waals surface area contributed by atoms with Crippen LogP contribution in [0.5, 0.6) is 0 Å². The van der Waals surface area contributed by atoms with Crippen LogP contribution in [0.25, 0.3) is 6.08 Å². The number of ether oxygens (including phenoxy) is 1. The number of amides is 4. The minimum absolute atomic E-state index is 0.0450. The predicted octanol–water partition coefficient (Wildman–Crippen LogP) is 3.22. The molecule has 1 fully saturated rings. The van der Waals surface area contributed by atoms with Gasteiger partial charge in [0.15, 0.2) is 0 Å². The van der Waals surface area contributed by atoms with Crippen molar-refractivity contribution >= 4 is 52.3 Å². The van der Waals surface area contributed by atoms with Crippen molar-refractivity contribution < 1.29 is 23.9 Å². The van der Waals surface area contributed by atoms with E-state index in [0.29, 0.717) is 4.91 Å². The first-order chi connectivity index (χ1) is 14.9. The molecule has 2 N–H and O–H groups in total. The molecule has 0 spiro atoms. The molecule has 31 heavy (non-hydrogen) atoms. The second-order valence-electron chi connectivity index (χ2n) is 6.57. The van der Waals surface area contributed by atoms with Crippen molar-refractivity contribution in [3.8, 4) is 0 Å². The number of hydrogen-bond acceptors (Lipinski definition) is 7. The van der Waals surface area contributed by atoms with Gasteiger partial charge in [-0.25, -0.2) is 4.79 Å². The smallest absolute Gasteiger partial charge is 0.408 e. The number of nitrogens with one attached hydrogen (secondary N) is 2. The van der Waals surface area contributed by atoms with Crippen LogP contribution in [-0.4, -0.2) is 47.2 Å². The van der Waals surface area contributed by atoms with Gasteiger partial charge in [0.1, 0.15) is 12.6 Å². The lowest BCUT2D eigenvalue weighted by Gasteiger charge is -2.16. The summed E-state index contributed by atoms with van der Waals surface area (Å²) in [7, 11) is 0. The zero-order chi connectivity index (χ0) is 22.2. The highest BCUT2D eigenvalue weighted by molar-refractivity contribution is 8.18. The molecule has 3 rings (SSSR count). The largest absolute Gasteiger partial charge is 0.445 e. The van der Waals surface area contributed by atoms with Crippen molar-refractivity contribution in [2.75, 3.05) is 13.1 Å². The van der Waals surface area contributed by atoms with Gasteiger partial charge >= 0.3 is 6.09 Å². The molecular formula is C21H21N3O5S2. The van der Waals surface area contributed by atoms with Gasteiger partial charge < -0.3 is 15.4 Å². The Hall–Kier alpha value is -3.11. The van der Waals surface area contributed by atoms with E-state index in [0.717, 1.165) is 27.1 Å². The molecule has 2 aromatic rings. The van der Waals surface area contributed by atoms with Gasteiger partial charge in [-0.2, -0.15) is 0 Å². The summed E-state index contributed by atoms with van der Waals surface area (Å²) < 4.78 is 5.08. The van der Waals surface area contributed by atoms with E-state index in [4.69, 9.17) is 4.74 Å². The van der Waals surface area contributed by atoms with Crippen molar-refractivity contribution in [3.63, 3.8) is 0 Å². The van der Waals surface area contributed by atoms with Crippen LogP contribution >= 0.6 is 23.1 Å². The molecule has 0 radical (unpaired) electrons. The fourth-order valence-corrected chi connectivity index (χ4v) is 4.23. The van der Waals surface area contributed by atoms with Crippen molar-refractivity contribution in [2.45, 2.75) is 19.6 Å². The topological polar surface area (TPSA) is 105 Å². The van der Waals surface area contributed by atoms with Gasteiger partial charge in [0.2, 0.25) is 5.91 Å². The molecular weight excluding hydrogens is 438 g/mol. The summed E-state index contributed by atoms with van der Waals surface area (Å²) in [6, 6.07) is 12.1. The maximum absolute atomic E-state index is 12.4. The number of imide groups is 1. The number of rotatable bonds is 8. The summed E-state index contributed by atoms with van der Waals surface area (Å²) in [6.07, 6.45) is 0.970. The number of alkyl carbamates (subject to hydrolysis) is 1. The zero-order valence-electron chi connectivity index (χ0n) is 16.7. The number of carbonyl (C=O) groups is 4. The fraction of sp³-hybridized carbons (Fsp3) is 0.238. The summed E-state index contributed by atoms with van der Waals surface area (Å²) in [5.74, 6) is -0.828. The number of nitrogens with zero attached hydrogens (tertiary/aromatic N) is 1. The van der Waals surface area contributed by atoms with Crippen LogP contribution in [0.4, 0.5) is 9.59 Å². The van der Waals surface area contributed by atoms with Crippen molar-refractivity contribution in [1.29, 1.82) is 0 Å². The van der Waals surface area contributed by atoms with Gasteiger partial charge in [-0.15, -0.1) is 11.3 Å². The minimum atomic E-state index is -0.836. The van der Waals surface area contributed by atoms with Crippen LogP contribution in [-0.2, 0) is 20.9 Å². The Kier molecular flexibility index (Phi) is 7.85. The number of hydrogen-bond donors (Lipinski definition) is 2. The molecule has 0 saturated carbocycles. The normalized spacial score (nSPS) is 15.8.